The smallest absolute Gasteiger partial charge is 0.324 e. The van der Waals surface area contributed by atoms with Crippen molar-refractivity contribution in [1.29, 1.82) is 0 Å². The van der Waals surface area contributed by atoms with E-state index in [-0.39, 0.29) is 37.8 Å². The van der Waals surface area contributed by atoms with Gasteiger partial charge in [0.25, 0.3) is 0 Å². The second-order valence-corrected chi connectivity index (χ2v) is 3.26. The zero-order chi connectivity index (χ0) is 11.4. The van der Waals surface area contributed by atoms with Crippen molar-refractivity contribution in [1.82, 2.24) is 4.90 Å². The summed E-state index contributed by atoms with van der Waals surface area (Å²) in [6.45, 7) is 1.81. The van der Waals surface area contributed by atoms with Crippen LogP contribution in [0.25, 0.3) is 0 Å². The summed E-state index contributed by atoms with van der Waals surface area (Å²) in [5.41, 5.74) is 5.49. The minimum absolute atomic E-state index is 0.0868. The molecule has 0 bridgehead atoms. The highest BCUT2D eigenvalue weighted by molar-refractivity contribution is 6.02. The average Bonchev–Trinajstić information content (AvgIpc) is 2.49. The van der Waals surface area contributed by atoms with E-state index in [1.54, 1.807) is 6.92 Å². The quantitative estimate of drug-likeness (QED) is 0.480. The summed E-state index contributed by atoms with van der Waals surface area (Å²) >= 11 is 0. The Hall–Kier alpha value is -1.43. The van der Waals surface area contributed by atoms with E-state index in [1.165, 1.54) is 0 Å². The molecule has 0 aromatic carbocycles. The van der Waals surface area contributed by atoms with E-state index in [0.717, 1.165) is 4.90 Å². The van der Waals surface area contributed by atoms with Gasteiger partial charge in [-0.2, -0.15) is 0 Å². The number of hydrogen-bond donors (Lipinski definition) is 1. The predicted octanol–water partition coefficient (Wildman–Crippen LogP) is -0.974. The van der Waals surface area contributed by atoms with Crippen molar-refractivity contribution in [3.8, 4) is 0 Å². The zero-order valence-electron chi connectivity index (χ0n) is 8.56. The Kier molecular flexibility index (Phi) is 3.79. The Bertz CT molecular complexity index is 274. The van der Waals surface area contributed by atoms with Gasteiger partial charge in [0.2, 0.25) is 11.8 Å². The molecule has 1 heterocycles. The van der Waals surface area contributed by atoms with Crippen molar-refractivity contribution >= 4 is 17.8 Å². The predicted molar refractivity (Wildman–Crippen MR) is 50.6 cm³/mol. The fourth-order valence-corrected chi connectivity index (χ4v) is 1.35. The Morgan fingerprint density at radius 3 is 2.47 bits per heavy atom. The first kappa shape index (κ1) is 11.6. The summed E-state index contributed by atoms with van der Waals surface area (Å²) in [6.07, 6.45) is 0.406. The molecule has 0 aromatic heterocycles. The first-order chi connectivity index (χ1) is 7.06. The molecule has 0 aliphatic carbocycles. The Morgan fingerprint density at radius 2 is 2.00 bits per heavy atom. The van der Waals surface area contributed by atoms with Crippen LogP contribution in [0.4, 0.5) is 0 Å². The maximum absolute atomic E-state index is 11.2. The molecule has 6 heteroatoms. The average molecular weight is 214 g/mol. The molecular weight excluding hydrogens is 200 g/mol. The second-order valence-electron chi connectivity index (χ2n) is 3.26. The Labute approximate surface area is 87.4 Å². The Balaban J connectivity index is 2.50. The minimum atomic E-state index is -0.948. The van der Waals surface area contributed by atoms with E-state index in [2.05, 4.69) is 4.74 Å². The molecule has 2 N–H and O–H groups in total. The fourth-order valence-electron chi connectivity index (χ4n) is 1.35. The van der Waals surface area contributed by atoms with Gasteiger partial charge in [-0.3, -0.25) is 19.3 Å². The van der Waals surface area contributed by atoms with Crippen molar-refractivity contribution in [2.75, 3.05) is 13.2 Å². The van der Waals surface area contributed by atoms with E-state index in [4.69, 9.17) is 5.73 Å². The summed E-state index contributed by atoms with van der Waals surface area (Å²) in [5.74, 6) is -1.15. The van der Waals surface area contributed by atoms with E-state index in [1.807, 2.05) is 0 Å². The van der Waals surface area contributed by atoms with E-state index < -0.39 is 12.0 Å². The molecule has 1 aliphatic rings. The second kappa shape index (κ2) is 4.88. The molecule has 1 unspecified atom stereocenters. The first-order valence-corrected chi connectivity index (χ1v) is 4.81. The number of hydrogen-bond acceptors (Lipinski definition) is 5. The summed E-state index contributed by atoms with van der Waals surface area (Å²) in [6, 6.07) is -0.948. The van der Waals surface area contributed by atoms with Gasteiger partial charge in [-0.25, -0.2) is 0 Å². The van der Waals surface area contributed by atoms with Gasteiger partial charge in [-0.1, -0.05) is 0 Å². The highest BCUT2D eigenvalue weighted by Gasteiger charge is 2.31. The largest absolute Gasteiger partial charge is 0.465 e. The van der Waals surface area contributed by atoms with Crippen LogP contribution in [-0.2, 0) is 19.1 Å². The first-order valence-electron chi connectivity index (χ1n) is 4.81. The third-order valence-electron chi connectivity index (χ3n) is 2.12. The lowest BCUT2D eigenvalue weighted by Crippen LogP contribution is -2.45. The topological polar surface area (TPSA) is 89.7 Å². The number of ether oxygens (including phenoxy) is 1. The molecule has 2 amide bonds. The van der Waals surface area contributed by atoms with Gasteiger partial charge in [-0.05, 0) is 6.92 Å². The van der Waals surface area contributed by atoms with Crippen LogP contribution in [-0.4, -0.2) is 41.9 Å². The summed E-state index contributed by atoms with van der Waals surface area (Å²) in [5, 5.41) is 0. The normalized spacial score (nSPS) is 18.1. The number of likely N-dealkylation sites (tertiary alicyclic amines) is 1. The zero-order valence-corrected chi connectivity index (χ0v) is 8.56. The lowest BCUT2D eigenvalue weighted by molar-refractivity contribution is -0.146. The molecule has 0 aromatic rings. The summed E-state index contributed by atoms with van der Waals surface area (Å²) in [4.78, 5) is 34.6. The van der Waals surface area contributed by atoms with Gasteiger partial charge >= 0.3 is 5.97 Å². The van der Waals surface area contributed by atoms with Crippen molar-refractivity contribution in [3.05, 3.63) is 0 Å². The highest BCUT2D eigenvalue weighted by atomic mass is 16.5. The molecule has 84 valence electrons. The molecule has 1 aliphatic heterocycles. The molecule has 1 rings (SSSR count). The van der Waals surface area contributed by atoms with Gasteiger partial charge in [0.1, 0.15) is 6.04 Å². The number of esters is 1. The number of carbonyl (C=O) groups excluding carboxylic acids is 3. The van der Waals surface area contributed by atoms with Gasteiger partial charge in [0, 0.05) is 12.8 Å². The molecule has 1 atom stereocenters. The van der Waals surface area contributed by atoms with Gasteiger partial charge in [0.05, 0.1) is 13.2 Å². The van der Waals surface area contributed by atoms with Crippen LogP contribution in [0.5, 0.6) is 0 Å². The third-order valence-corrected chi connectivity index (χ3v) is 2.12. The maximum Gasteiger partial charge on any atom is 0.324 e. The molecule has 0 spiro atoms. The van der Waals surface area contributed by atoms with Crippen LogP contribution >= 0.6 is 0 Å². The molecule has 0 saturated carbocycles. The van der Waals surface area contributed by atoms with Crippen molar-refractivity contribution in [2.45, 2.75) is 25.8 Å². The number of nitrogens with zero attached hydrogens (tertiary/aromatic N) is 1. The molecule has 1 saturated heterocycles. The molecule has 6 nitrogen and oxygen atoms in total. The molecule has 15 heavy (non-hydrogen) atoms. The SMILES string of the molecule is CCOC(=O)C(N)CN1C(=O)CCC1=O. The number of nitrogens with two attached hydrogens (primary N) is 1. The van der Waals surface area contributed by atoms with Crippen LogP contribution in [0.2, 0.25) is 0 Å². The highest BCUT2D eigenvalue weighted by Crippen LogP contribution is 2.11. The maximum atomic E-state index is 11.2. The monoisotopic (exact) mass is 214 g/mol. The van der Waals surface area contributed by atoms with Crippen molar-refractivity contribution < 1.29 is 19.1 Å². The van der Waals surface area contributed by atoms with Crippen LogP contribution < -0.4 is 5.73 Å². The minimum Gasteiger partial charge on any atom is -0.465 e. The van der Waals surface area contributed by atoms with E-state index >= 15 is 0 Å². The Morgan fingerprint density at radius 1 is 1.47 bits per heavy atom. The van der Waals surface area contributed by atoms with Crippen LogP contribution in [0.1, 0.15) is 19.8 Å². The number of imide groups is 1. The number of rotatable bonds is 4. The molecule has 1 fully saturated rings. The third kappa shape index (κ3) is 2.76. The lowest BCUT2D eigenvalue weighted by atomic mass is 10.3. The van der Waals surface area contributed by atoms with Gasteiger partial charge in [-0.15, -0.1) is 0 Å². The standard InChI is InChI=1S/C9H14N2O4/c1-2-15-9(14)6(10)5-11-7(12)3-4-8(11)13/h6H,2-5,10H2,1H3. The van der Waals surface area contributed by atoms with E-state index in [9.17, 15) is 14.4 Å². The summed E-state index contributed by atoms with van der Waals surface area (Å²) < 4.78 is 4.67. The van der Waals surface area contributed by atoms with Crippen LogP contribution in [0, 0.1) is 0 Å². The number of carbonyl (C=O) groups is 3. The van der Waals surface area contributed by atoms with E-state index in [0.29, 0.717) is 0 Å². The van der Waals surface area contributed by atoms with Crippen LogP contribution in [0.15, 0.2) is 0 Å². The van der Waals surface area contributed by atoms with Crippen molar-refractivity contribution in [3.63, 3.8) is 0 Å². The lowest BCUT2D eigenvalue weighted by Gasteiger charge is -2.17. The van der Waals surface area contributed by atoms with Crippen molar-refractivity contribution in [2.24, 2.45) is 5.73 Å². The fraction of sp³-hybridized carbons (Fsp3) is 0.667. The van der Waals surface area contributed by atoms with Gasteiger partial charge in [0.15, 0.2) is 0 Å². The van der Waals surface area contributed by atoms with Crippen LogP contribution in [0.3, 0.4) is 0 Å². The molecule has 0 radical (unpaired) electrons. The molecular formula is C9H14N2O4. The summed E-state index contributed by atoms with van der Waals surface area (Å²) in [7, 11) is 0. The van der Waals surface area contributed by atoms with Gasteiger partial charge < -0.3 is 10.5 Å². The number of amides is 2.